The van der Waals surface area contributed by atoms with Gasteiger partial charge >= 0.3 is 5.97 Å². The molecule has 0 aliphatic heterocycles. The van der Waals surface area contributed by atoms with Gasteiger partial charge in [0.05, 0.1) is 10.9 Å². The molecule has 1 saturated carbocycles. The summed E-state index contributed by atoms with van der Waals surface area (Å²) >= 11 is 5.61. The average Bonchev–Trinajstić information content (AvgIpc) is 2.72. The zero-order valence-corrected chi connectivity index (χ0v) is 10.1. The summed E-state index contributed by atoms with van der Waals surface area (Å²) in [6.45, 7) is 0. The van der Waals surface area contributed by atoms with Crippen LogP contribution in [0.2, 0.25) is 5.02 Å². The highest BCUT2D eigenvalue weighted by atomic mass is 35.5. The predicted octanol–water partition coefficient (Wildman–Crippen LogP) is 3.52. The van der Waals surface area contributed by atoms with Crippen molar-refractivity contribution in [1.82, 2.24) is 0 Å². The molecule has 0 heterocycles. The fourth-order valence-electron chi connectivity index (χ4n) is 2.58. The Morgan fingerprint density at radius 3 is 2.88 bits per heavy atom. The van der Waals surface area contributed by atoms with E-state index in [1.54, 1.807) is 6.07 Å². The third-order valence-electron chi connectivity index (χ3n) is 3.46. The minimum absolute atomic E-state index is 0.106. The molecule has 0 aromatic heterocycles. The number of aliphatic carboxylic acids is 1. The first-order valence-electron chi connectivity index (χ1n) is 5.74. The van der Waals surface area contributed by atoms with Gasteiger partial charge in [0, 0.05) is 0 Å². The summed E-state index contributed by atoms with van der Waals surface area (Å²) in [7, 11) is 0. The molecule has 92 valence electrons. The molecule has 1 fully saturated rings. The largest absolute Gasteiger partial charge is 0.481 e. The van der Waals surface area contributed by atoms with Gasteiger partial charge in [-0.1, -0.05) is 24.1 Å². The lowest BCUT2D eigenvalue weighted by Gasteiger charge is -2.15. The van der Waals surface area contributed by atoms with Crippen LogP contribution in [0.25, 0.3) is 0 Å². The van der Waals surface area contributed by atoms with E-state index in [2.05, 4.69) is 0 Å². The minimum atomic E-state index is -0.734. The van der Waals surface area contributed by atoms with E-state index >= 15 is 0 Å². The Kier molecular flexibility index (Phi) is 3.67. The Morgan fingerprint density at radius 1 is 1.47 bits per heavy atom. The molecule has 0 saturated heterocycles. The molecule has 2 unspecified atom stereocenters. The van der Waals surface area contributed by atoms with Crippen LogP contribution in [0, 0.1) is 17.7 Å². The molecule has 1 aromatic rings. The van der Waals surface area contributed by atoms with Gasteiger partial charge in [-0.05, 0) is 42.9 Å². The van der Waals surface area contributed by atoms with Crippen molar-refractivity contribution >= 4 is 17.6 Å². The van der Waals surface area contributed by atoms with Gasteiger partial charge in [0.1, 0.15) is 5.82 Å². The number of carboxylic acid groups (broad SMARTS) is 1. The Bertz CT molecular complexity index is 433. The highest BCUT2D eigenvalue weighted by Crippen LogP contribution is 2.34. The molecule has 2 rings (SSSR count). The molecule has 0 amide bonds. The highest BCUT2D eigenvalue weighted by molar-refractivity contribution is 6.30. The van der Waals surface area contributed by atoms with Crippen LogP contribution in [0.3, 0.4) is 0 Å². The van der Waals surface area contributed by atoms with Crippen LogP contribution < -0.4 is 0 Å². The Labute approximate surface area is 104 Å². The van der Waals surface area contributed by atoms with Crippen molar-refractivity contribution < 1.29 is 14.3 Å². The number of hydrogen-bond donors (Lipinski definition) is 1. The molecule has 0 spiro atoms. The van der Waals surface area contributed by atoms with E-state index in [0.29, 0.717) is 6.42 Å². The van der Waals surface area contributed by atoms with Crippen molar-refractivity contribution in [3.8, 4) is 0 Å². The van der Waals surface area contributed by atoms with E-state index in [4.69, 9.17) is 16.7 Å². The summed E-state index contributed by atoms with van der Waals surface area (Å²) < 4.78 is 13.3. The van der Waals surface area contributed by atoms with Gasteiger partial charge in [0.25, 0.3) is 0 Å². The number of rotatable bonds is 3. The molecule has 1 aliphatic carbocycles. The van der Waals surface area contributed by atoms with Crippen LogP contribution in [0.1, 0.15) is 24.8 Å². The Hall–Kier alpha value is -1.09. The molecule has 2 atom stereocenters. The molecule has 4 heteroatoms. The van der Waals surface area contributed by atoms with Crippen LogP contribution in [0.4, 0.5) is 4.39 Å². The molecule has 0 radical (unpaired) electrons. The summed E-state index contributed by atoms with van der Waals surface area (Å²) in [6, 6.07) is 4.69. The van der Waals surface area contributed by atoms with Crippen molar-refractivity contribution in [1.29, 1.82) is 0 Å². The highest BCUT2D eigenvalue weighted by Gasteiger charge is 2.32. The second-order valence-corrected chi connectivity index (χ2v) is 5.00. The second-order valence-electron chi connectivity index (χ2n) is 4.59. The van der Waals surface area contributed by atoms with Crippen LogP contribution in [-0.2, 0) is 11.2 Å². The van der Waals surface area contributed by atoms with Crippen LogP contribution in [0.5, 0.6) is 0 Å². The summed E-state index contributed by atoms with van der Waals surface area (Å²) in [5.41, 5.74) is 0.824. The lowest BCUT2D eigenvalue weighted by atomic mass is 9.90. The molecular formula is C13H14ClFO2. The van der Waals surface area contributed by atoms with Gasteiger partial charge in [0.15, 0.2) is 0 Å². The van der Waals surface area contributed by atoms with Gasteiger partial charge in [0.2, 0.25) is 0 Å². The predicted molar refractivity (Wildman–Crippen MR) is 63.6 cm³/mol. The minimum Gasteiger partial charge on any atom is -0.481 e. The van der Waals surface area contributed by atoms with Gasteiger partial charge < -0.3 is 5.11 Å². The number of carbonyl (C=O) groups is 1. The van der Waals surface area contributed by atoms with Crippen LogP contribution in [0.15, 0.2) is 18.2 Å². The molecule has 17 heavy (non-hydrogen) atoms. The van der Waals surface area contributed by atoms with Crippen LogP contribution >= 0.6 is 11.6 Å². The van der Waals surface area contributed by atoms with E-state index in [1.807, 2.05) is 0 Å². The monoisotopic (exact) mass is 256 g/mol. The van der Waals surface area contributed by atoms with Gasteiger partial charge in [-0.15, -0.1) is 0 Å². The molecule has 1 N–H and O–H groups in total. The topological polar surface area (TPSA) is 37.3 Å². The van der Waals surface area contributed by atoms with E-state index in [0.717, 1.165) is 24.8 Å². The van der Waals surface area contributed by atoms with Crippen molar-refractivity contribution in [2.45, 2.75) is 25.7 Å². The molecule has 1 aliphatic rings. The smallest absolute Gasteiger partial charge is 0.306 e. The average molecular weight is 257 g/mol. The maximum atomic E-state index is 13.3. The number of carboxylic acids is 1. The lowest BCUT2D eigenvalue weighted by Crippen LogP contribution is -2.20. The normalized spacial score (nSPS) is 23.9. The maximum absolute atomic E-state index is 13.3. The molecule has 2 nitrogen and oxygen atoms in total. The summed E-state index contributed by atoms with van der Waals surface area (Å²) in [6.07, 6.45) is 3.19. The maximum Gasteiger partial charge on any atom is 0.306 e. The van der Waals surface area contributed by atoms with Crippen molar-refractivity contribution in [3.63, 3.8) is 0 Å². The van der Waals surface area contributed by atoms with E-state index in [9.17, 15) is 9.18 Å². The number of halogens is 2. The zero-order chi connectivity index (χ0) is 12.4. The quantitative estimate of drug-likeness (QED) is 0.898. The third kappa shape index (κ3) is 2.78. The van der Waals surface area contributed by atoms with Gasteiger partial charge in [-0.2, -0.15) is 0 Å². The first-order chi connectivity index (χ1) is 8.08. The first kappa shape index (κ1) is 12.4. The van der Waals surface area contributed by atoms with Crippen LogP contribution in [-0.4, -0.2) is 11.1 Å². The second kappa shape index (κ2) is 5.05. The fraction of sp³-hybridized carbons (Fsp3) is 0.462. The molecule has 1 aromatic carbocycles. The SMILES string of the molecule is O=C(O)C1CCCC1Cc1ccc(Cl)c(F)c1. The first-order valence-corrected chi connectivity index (χ1v) is 6.12. The van der Waals surface area contributed by atoms with E-state index in [-0.39, 0.29) is 16.9 Å². The zero-order valence-electron chi connectivity index (χ0n) is 9.33. The molecular weight excluding hydrogens is 243 g/mol. The standard InChI is InChI=1S/C13H14ClFO2/c14-11-5-4-8(7-12(11)15)6-9-2-1-3-10(9)13(16)17/h4-5,7,9-10H,1-3,6H2,(H,16,17). The van der Waals surface area contributed by atoms with Crippen molar-refractivity contribution in [2.75, 3.05) is 0 Å². The van der Waals surface area contributed by atoms with Gasteiger partial charge in [-0.25, -0.2) is 4.39 Å². The summed E-state index contributed by atoms with van der Waals surface area (Å²) in [4.78, 5) is 11.0. The van der Waals surface area contributed by atoms with E-state index < -0.39 is 11.8 Å². The number of benzene rings is 1. The van der Waals surface area contributed by atoms with E-state index in [1.165, 1.54) is 12.1 Å². The molecule has 0 bridgehead atoms. The van der Waals surface area contributed by atoms with Gasteiger partial charge in [-0.3, -0.25) is 4.79 Å². The Balaban J connectivity index is 2.09. The number of hydrogen-bond acceptors (Lipinski definition) is 1. The van der Waals surface area contributed by atoms with Crippen molar-refractivity contribution in [2.24, 2.45) is 11.8 Å². The Morgan fingerprint density at radius 2 is 2.24 bits per heavy atom. The van der Waals surface area contributed by atoms with Crippen molar-refractivity contribution in [3.05, 3.63) is 34.6 Å². The fourth-order valence-corrected chi connectivity index (χ4v) is 2.69. The summed E-state index contributed by atoms with van der Waals surface area (Å²) in [5, 5.41) is 9.17. The third-order valence-corrected chi connectivity index (χ3v) is 3.76. The lowest BCUT2D eigenvalue weighted by molar-refractivity contribution is -0.142. The summed E-state index contributed by atoms with van der Waals surface area (Å²) in [5.74, 6) is -1.34.